The Bertz CT molecular complexity index is 1490. The lowest BCUT2D eigenvalue weighted by Gasteiger charge is -2.53. The second-order valence-corrected chi connectivity index (χ2v) is 15.0. The molecule has 2 aliphatic rings. The summed E-state index contributed by atoms with van der Waals surface area (Å²) in [7, 11) is 1.73. The van der Waals surface area contributed by atoms with Gasteiger partial charge in [0, 0.05) is 42.1 Å². The van der Waals surface area contributed by atoms with Crippen LogP contribution in [0, 0.1) is 11.8 Å². The first-order valence-corrected chi connectivity index (χ1v) is 17.0. The third kappa shape index (κ3) is 10.9. The number of amides is 4. The quantitative estimate of drug-likeness (QED) is 0.140. The molecule has 0 spiro atoms. The van der Waals surface area contributed by atoms with Crippen molar-refractivity contribution in [1.82, 2.24) is 30.1 Å². The maximum Gasteiger partial charge on any atom is 0.287 e. The molecular formula is C33H48BrN7O6. The molecule has 47 heavy (non-hydrogen) atoms. The number of carbonyl (C=O) groups excluding carboxylic acids is 5. The second-order valence-electron chi connectivity index (χ2n) is 13.1. The van der Waals surface area contributed by atoms with Crippen molar-refractivity contribution < 1.29 is 24.0 Å². The molecule has 14 heteroatoms. The number of pyridine rings is 1. The fraction of sp³-hybridized carbons (Fsp3) is 0.606. The van der Waals surface area contributed by atoms with E-state index in [0.717, 1.165) is 32.1 Å². The Morgan fingerprint density at radius 3 is 2.57 bits per heavy atom. The first-order chi connectivity index (χ1) is 22.2. The number of likely N-dealkylation sites (N-methyl/N-ethyl adjacent to an activating group) is 1. The summed E-state index contributed by atoms with van der Waals surface area (Å²) in [5.74, 6) is -0.185. The zero-order chi connectivity index (χ0) is 34.8. The highest BCUT2D eigenvalue weighted by Gasteiger charge is 2.50. The van der Waals surface area contributed by atoms with E-state index in [1.54, 1.807) is 37.7 Å². The molecule has 4 rings (SSSR count). The molecule has 2 bridgehead atoms. The minimum absolute atomic E-state index is 0.0343. The Morgan fingerprint density at radius 2 is 1.94 bits per heavy atom. The molecule has 2 aliphatic carbocycles. The number of nitrogens with one attached hydrogen (secondary N) is 4. The Hall–Kier alpha value is -3.81. The van der Waals surface area contributed by atoms with Gasteiger partial charge in [0.1, 0.15) is 17.9 Å². The van der Waals surface area contributed by atoms with Gasteiger partial charge in [-0.1, -0.05) is 29.3 Å². The number of anilines is 1. The summed E-state index contributed by atoms with van der Waals surface area (Å²) in [5.41, 5.74) is 0.0402. The summed E-state index contributed by atoms with van der Waals surface area (Å²) in [6.45, 7) is 8.36. The molecule has 0 aromatic carbocycles. The van der Waals surface area contributed by atoms with Crippen molar-refractivity contribution >= 4 is 51.5 Å². The van der Waals surface area contributed by atoms with Gasteiger partial charge in [0.25, 0.3) is 17.4 Å². The fourth-order valence-corrected chi connectivity index (χ4v) is 7.95. The highest BCUT2D eigenvalue weighted by Crippen LogP contribution is 2.52. The summed E-state index contributed by atoms with van der Waals surface area (Å²) >= 11 is 3.87. The van der Waals surface area contributed by atoms with E-state index >= 15 is 0 Å². The van der Waals surface area contributed by atoms with Gasteiger partial charge >= 0.3 is 0 Å². The van der Waals surface area contributed by atoms with Gasteiger partial charge in [-0.05, 0) is 83.3 Å². The maximum atomic E-state index is 12.8. The maximum absolute atomic E-state index is 12.8. The number of fused-ring (bicyclic) bond motifs is 2. The van der Waals surface area contributed by atoms with Crippen LogP contribution >= 0.6 is 15.9 Å². The fourth-order valence-electron chi connectivity index (χ4n) is 6.95. The van der Waals surface area contributed by atoms with Crippen LogP contribution in [0.1, 0.15) is 89.5 Å². The van der Waals surface area contributed by atoms with Gasteiger partial charge in [-0.25, -0.2) is 4.98 Å². The topological polar surface area (TPSA) is 173 Å². The zero-order valence-electron chi connectivity index (χ0n) is 27.9. The lowest BCUT2D eigenvalue weighted by atomic mass is 9.60. The number of halogens is 1. The van der Waals surface area contributed by atoms with Gasteiger partial charge in [-0.2, -0.15) is 0 Å². The number of carbonyl (C=O) groups is 5. The highest BCUT2D eigenvalue weighted by atomic mass is 79.9. The predicted octanol–water partition coefficient (Wildman–Crippen LogP) is 3.07. The van der Waals surface area contributed by atoms with Crippen LogP contribution in [-0.4, -0.2) is 66.5 Å². The third-order valence-electron chi connectivity index (χ3n) is 8.80. The SMILES string of the molecule is CCC1CC2CC(C)(Br)CC(NC(=O)Cn3cccc(NC=O)c3=O)(C1)C2.CCNC(=O)C(=O)CCC(C)NC(=O)c1cncn1C. The molecule has 2 aromatic heterocycles. The van der Waals surface area contributed by atoms with Crippen molar-refractivity contribution in [2.45, 2.75) is 102 Å². The standard InChI is InChI=1S/C20H28BrN3O3.C13H20N4O3/c1-3-14-7-15-8-19(2,21)12-20(9-14,10-15)23-17(26)11-24-6-4-5-16(18(24)27)22-13-25;1-4-15-13(20)11(18)6-5-9(2)16-12(19)10-7-14-8-17(10)3/h4-6,13-15H,3,7-12H2,1-2H3,(H,22,25)(H,23,26);7-9H,4-6H2,1-3H3,(H,15,20)(H,16,19). The number of rotatable bonds is 13. The summed E-state index contributed by atoms with van der Waals surface area (Å²) in [4.78, 5) is 74.3. The molecule has 2 heterocycles. The molecule has 0 saturated heterocycles. The van der Waals surface area contributed by atoms with Crippen LogP contribution in [0.5, 0.6) is 0 Å². The molecule has 0 radical (unpaired) electrons. The molecule has 5 atom stereocenters. The highest BCUT2D eigenvalue weighted by molar-refractivity contribution is 9.10. The average Bonchev–Trinajstić information content (AvgIpc) is 3.43. The molecule has 2 fully saturated rings. The van der Waals surface area contributed by atoms with E-state index in [1.165, 1.54) is 29.6 Å². The zero-order valence-corrected chi connectivity index (χ0v) is 29.5. The molecule has 13 nitrogen and oxygen atoms in total. The van der Waals surface area contributed by atoms with Crippen LogP contribution in [0.25, 0.3) is 0 Å². The van der Waals surface area contributed by atoms with E-state index in [2.05, 4.69) is 56.0 Å². The summed E-state index contributed by atoms with van der Waals surface area (Å²) in [6, 6.07) is 2.98. The minimum Gasteiger partial charge on any atom is -0.350 e. The van der Waals surface area contributed by atoms with Crippen LogP contribution in [0.2, 0.25) is 0 Å². The number of alkyl halides is 1. The van der Waals surface area contributed by atoms with E-state index in [0.29, 0.717) is 36.9 Å². The molecule has 4 amide bonds. The number of nitrogens with zero attached hydrogens (tertiary/aromatic N) is 3. The van der Waals surface area contributed by atoms with Crippen LogP contribution in [0.3, 0.4) is 0 Å². The van der Waals surface area contributed by atoms with Crippen molar-refractivity contribution in [2.24, 2.45) is 18.9 Å². The van der Waals surface area contributed by atoms with Gasteiger partial charge in [0.2, 0.25) is 18.1 Å². The first kappa shape index (κ1) is 37.6. The average molecular weight is 719 g/mol. The second kappa shape index (κ2) is 16.8. The lowest BCUT2D eigenvalue weighted by Crippen LogP contribution is -2.59. The monoisotopic (exact) mass is 717 g/mol. The Kier molecular flexibility index (Phi) is 13.5. The van der Waals surface area contributed by atoms with E-state index in [4.69, 9.17) is 0 Å². The normalized spacial score (nSPS) is 23.7. The van der Waals surface area contributed by atoms with E-state index in [9.17, 15) is 28.8 Å². The van der Waals surface area contributed by atoms with Gasteiger partial charge in [-0.3, -0.25) is 28.8 Å². The minimum atomic E-state index is -0.572. The Labute approximate surface area is 284 Å². The summed E-state index contributed by atoms with van der Waals surface area (Å²) in [5, 5.41) is 10.9. The smallest absolute Gasteiger partial charge is 0.287 e. The largest absolute Gasteiger partial charge is 0.350 e. The van der Waals surface area contributed by atoms with Crippen LogP contribution in [-0.2, 0) is 32.8 Å². The number of hydrogen-bond acceptors (Lipinski definition) is 7. The van der Waals surface area contributed by atoms with E-state index in [1.807, 2.05) is 0 Å². The molecule has 4 N–H and O–H groups in total. The van der Waals surface area contributed by atoms with Gasteiger partial charge in [0.05, 0.1) is 12.5 Å². The summed E-state index contributed by atoms with van der Waals surface area (Å²) < 4.78 is 2.99. The number of imidazole rings is 1. The number of aryl methyl sites for hydroxylation is 1. The lowest BCUT2D eigenvalue weighted by molar-refractivity contribution is -0.137. The third-order valence-corrected chi connectivity index (χ3v) is 9.40. The molecule has 0 aliphatic heterocycles. The molecule has 5 unspecified atom stereocenters. The van der Waals surface area contributed by atoms with Crippen LogP contribution in [0.4, 0.5) is 5.69 Å². The van der Waals surface area contributed by atoms with Gasteiger partial charge in [0.15, 0.2) is 0 Å². The Balaban J connectivity index is 0.000000268. The number of aromatic nitrogens is 3. The van der Waals surface area contributed by atoms with E-state index < -0.39 is 11.7 Å². The molecule has 2 aromatic rings. The van der Waals surface area contributed by atoms with E-state index in [-0.39, 0.29) is 51.9 Å². The molecule has 2 saturated carbocycles. The van der Waals surface area contributed by atoms with Crippen LogP contribution in [0.15, 0.2) is 35.6 Å². The first-order valence-electron chi connectivity index (χ1n) is 16.2. The van der Waals surface area contributed by atoms with Crippen molar-refractivity contribution in [3.05, 3.63) is 46.9 Å². The number of hydrogen-bond donors (Lipinski definition) is 4. The number of Topliss-reactive ketones (excluding diaryl/α,β-unsaturated/α-hetero) is 1. The van der Waals surface area contributed by atoms with Crippen molar-refractivity contribution in [3.8, 4) is 0 Å². The van der Waals surface area contributed by atoms with Crippen molar-refractivity contribution in [3.63, 3.8) is 0 Å². The number of ketones is 1. The Morgan fingerprint density at radius 1 is 1.19 bits per heavy atom. The molecule has 258 valence electrons. The predicted molar refractivity (Wildman–Crippen MR) is 182 cm³/mol. The summed E-state index contributed by atoms with van der Waals surface area (Å²) in [6.07, 6.45) is 12.0. The molecular weight excluding hydrogens is 670 g/mol. The van der Waals surface area contributed by atoms with Crippen molar-refractivity contribution in [2.75, 3.05) is 11.9 Å². The van der Waals surface area contributed by atoms with Crippen molar-refractivity contribution in [1.29, 1.82) is 0 Å². The van der Waals surface area contributed by atoms with Crippen LogP contribution < -0.4 is 26.8 Å². The van der Waals surface area contributed by atoms with Gasteiger partial charge < -0.3 is 30.4 Å². The van der Waals surface area contributed by atoms with Gasteiger partial charge in [-0.15, -0.1) is 0 Å².